The van der Waals surface area contributed by atoms with Gasteiger partial charge in [-0.25, -0.2) is 9.36 Å². The average Bonchev–Trinajstić information content (AvgIpc) is 3.63. The first-order chi connectivity index (χ1) is 16.3. The van der Waals surface area contributed by atoms with E-state index in [1.54, 1.807) is 0 Å². The molecule has 0 unspecified atom stereocenters. The predicted molar refractivity (Wildman–Crippen MR) is 127 cm³/mol. The minimum absolute atomic E-state index is 0.0626. The van der Waals surface area contributed by atoms with Crippen LogP contribution < -0.4 is 5.32 Å². The molecule has 4 aromatic rings. The molecule has 1 aliphatic carbocycles. The van der Waals surface area contributed by atoms with E-state index in [0.29, 0.717) is 17.7 Å². The number of benzene rings is 2. The second kappa shape index (κ2) is 9.99. The first-order valence-corrected chi connectivity index (χ1v) is 12.1. The molecule has 0 bridgehead atoms. The van der Waals surface area contributed by atoms with Gasteiger partial charge in [-0.05, 0) is 35.4 Å². The van der Waals surface area contributed by atoms with Gasteiger partial charge >= 0.3 is 0 Å². The average molecular weight is 460 g/mol. The number of rotatable bonds is 8. The highest BCUT2D eigenvalue weighted by molar-refractivity contribution is 7.99. The third kappa shape index (κ3) is 4.98. The van der Waals surface area contributed by atoms with Crippen LogP contribution in [-0.2, 0) is 11.3 Å². The maximum atomic E-state index is 12.6. The van der Waals surface area contributed by atoms with E-state index in [4.69, 9.17) is 5.10 Å². The van der Waals surface area contributed by atoms with Gasteiger partial charge in [-0.3, -0.25) is 4.79 Å². The molecule has 0 aliphatic heterocycles. The van der Waals surface area contributed by atoms with E-state index in [-0.39, 0.29) is 11.7 Å². The molecule has 33 heavy (non-hydrogen) atoms. The van der Waals surface area contributed by atoms with Gasteiger partial charge in [0.2, 0.25) is 11.1 Å². The molecule has 1 saturated carbocycles. The Morgan fingerprint density at radius 2 is 1.76 bits per heavy atom. The summed E-state index contributed by atoms with van der Waals surface area (Å²) < 4.78 is 3.73. The minimum Gasteiger partial charge on any atom is -0.351 e. The predicted octanol–water partition coefficient (Wildman–Crippen LogP) is 4.05. The highest BCUT2D eigenvalue weighted by Crippen LogP contribution is 2.31. The molecule has 1 amide bonds. The molecule has 0 saturated heterocycles. The number of nitrogens with one attached hydrogen (secondary N) is 1. The molecule has 8 nitrogen and oxygen atoms in total. The molecule has 0 spiro atoms. The van der Waals surface area contributed by atoms with Gasteiger partial charge in [0, 0.05) is 23.9 Å². The zero-order valence-electron chi connectivity index (χ0n) is 18.2. The maximum absolute atomic E-state index is 12.6. The lowest BCUT2D eigenvalue weighted by molar-refractivity contribution is -0.118. The fourth-order valence-corrected chi connectivity index (χ4v) is 4.90. The van der Waals surface area contributed by atoms with Gasteiger partial charge in [-0.15, -0.1) is 5.10 Å². The number of hydrogen-bond donors (Lipinski definition) is 1. The highest BCUT2D eigenvalue weighted by Gasteiger charge is 2.22. The molecular weight excluding hydrogens is 434 g/mol. The molecule has 1 fully saturated rings. The molecule has 1 N–H and O–H groups in total. The first-order valence-electron chi connectivity index (χ1n) is 11.1. The smallest absolute Gasteiger partial charge is 0.230 e. The Hall–Kier alpha value is -3.46. The topological polar surface area (TPSA) is 90.5 Å². The normalized spacial score (nSPS) is 13.9. The Labute approximate surface area is 196 Å². The number of hydrogen-bond acceptors (Lipinski definition) is 6. The van der Waals surface area contributed by atoms with E-state index in [1.807, 2.05) is 76.2 Å². The number of amides is 1. The van der Waals surface area contributed by atoms with Crippen LogP contribution in [0.5, 0.6) is 0 Å². The van der Waals surface area contributed by atoms with Crippen molar-refractivity contribution in [3.63, 3.8) is 0 Å². The summed E-state index contributed by atoms with van der Waals surface area (Å²) in [5.41, 5.74) is 3.81. The van der Waals surface area contributed by atoms with E-state index in [9.17, 15) is 4.79 Å². The van der Waals surface area contributed by atoms with Crippen molar-refractivity contribution in [1.29, 1.82) is 0 Å². The van der Waals surface area contributed by atoms with Crippen molar-refractivity contribution < 1.29 is 4.79 Å². The van der Waals surface area contributed by atoms with Crippen LogP contribution in [0.25, 0.3) is 16.9 Å². The highest BCUT2D eigenvalue weighted by atomic mass is 32.2. The zero-order chi connectivity index (χ0) is 22.5. The van der Waals surface area contributed by atoms with Gasteiger partial charge in [0.1, 0.15) is 0 Å². The standard InChI is InChI=1S/C24H25N7OS/c32-22(17-33-24-26-28-29-31(24)21-13-7-8-14-21)25-15-19-16-30(20-11-5-2-6-12-20)27-23(19)18-9-3-1-4-10-18/h1-6,9-12,16,21H,7-8,13-15,17H2,(H,25,32). The van der Waals surface area contributed by atoms with Crippen LogP contribution in [0.2, 0.25) is 0 Å². The third-order valence-corrected chi connectivity index (χ3v) is 6.73. The van der Waals surface area contributed by atoms with Gasteiger partial charge < -0.3 is 5.32 Å². The Morgan fingerprint density at radius 3 is 2.52 bits per heavy atom. The molecule has 1 aliphatic rings. The largest absolute Gasteiger partial charge is 0.351 e. The molecule has 2 heterocycles. The number of aromatic nitrogens is 6. The van der Waals surface area contributed by atoms with Crippen LogP contribution in [0, 0.1) is 0 Å². The Bertz CT molecular complexity index is 1200. The number of carbonyl (C=O) groups excluding carboxylic acids is 1. The van der Waals surface area contributed by atoms with E-state index < -0.39 is 0 Å². The number of thioether (sulfide) groups is 1. The fourth-order valence-electron chi connectivity index (χ4n) is 4.12. The fraction of sp³-hybridized carbons (Fsp3) is 0.292. The van der Waals surface area contributed by atoms with Crippen molar-refractivity contribution in [2.75, 3.05) is 5.75 Å². The summed E-state index contributed by atoms with van der Waals surface area (Å²) in [6.07, 6.45) is 6.58. The number of tetrazole rings is 1. The lowest BCUT2D eigenvalue weighted by atomic mass is 10.1. The van der Waals surface area contributed by atoms with Crippen molar-refractivity contribution in [2.45, 2.75) is 43.4 Å². The van der Waals surface area contributed by atoms with Crippen LogP contribution in [0.15, 0.2) is 72.0 Å². The van der Waals surface area contributed by atoms with E-state index in [0.717, 1.165) is 35.3 Å². The van der Waals surface area contributed by atoms with Gasteiger partial charge in [0.25, 0.3) is 0 Å². The molecule has 0 radical (unpaired) electrons. The van der Waals surface area contributed by atoms with Crippen LogP contribution in [0.3, 0.4) is 0 Å². The van der Waals surface area contributed by atoms with Crippen molar-refractivity contribution in [3.05, 3.63) is 72.4 Å². The second-order valence-electron chi connectivity index (χ2n) is 8.06. The summed E-state index contributed by atoms with van der Waals surface area (Å²) in [6.45, 7) is 0.393. The number of para-hydroxylation sites is 1. The summed E-state index contributed by atoms with van der Waals surface area (Å²) in [5, 5.41) is 20.6. The van der Waals surface area contributed by atoms with E-state index in [1.165, 1.54) is 24.6 Å². The molecule has 5 rings (SSSR count). The van der Waals surface area contributed by atoms with Gasteiger partial charge in [-0.2, -0.15) is 5.10 Å². The molecule has 2 aromatic heterocycles. The van der Waals surface area contributed by atoms with Crippen molar-refractivity contribution in [2.24, 2.45) is 0 Å². The summed E-state index contributed by atoms with van der Waals surface area (Å²) in [4.78, 5) is 12.6. The van der Waals surface area contributed by atoms with Crippen LogP contribution in [-0.4, -0.2) is 41.6 Å². The Balaban J connectivity index is 1.27. The number of nitrogens with zero attached hydrogens (tertiary/aromatic N) is 6. The van der Waals surface area contributed by atoms with Crippen molar-refractivity contribution in [1.82, 2.24) is 35.3 Å². The summed E-state index contributed by atoms with van der Waals surface area (Å²) in [7, 11) is 0. The number of carbonyl (C=O) groups is 1. The van der Waals surface area contributed by atoms with E-state index >= 15 is 0 Å². The molecule has 2 aromatic carbocycles. The lowest BCUT2D eigenvalue weighted by Gasteiger charge is -2.10. The summed E-state index contributed by atoms with van der Waals surface area (Å²) >= 11 is 1.38. The van der Waals surface area contributed by atoms with Crippen molar-refractivity contribution >= 4 is 17.7 Å². The molecular formula is C24H25N7OS. The summed E-state index contributed by atoms with van der Waals surface area (Å²) in [5.74, 6) is 0.202. The van der Waals surface area contributed by atoms with Gasteiger partial charge in [0.15, 0.2) is 0 Å². The Kier molecular flexibility index (Phi) is 6.48. The molecule has 9 heteroatoms. The van der Waals surface area contributed by atoms with Crippen LogP contribution in [0.4, 0.5) is 0 Å². The van der Waals surface area contributed by atoms with Crippen LogP contribution >= 0.6 is 11.8 Å². The summed E-state index contributed by atoms with van der Waals surface area (Å²) in [6, 6.07) is 20.3. The maximum Gasteiger partial charge on any atom is 0.230 e. The third-order valence-electron chi connectivity index (χ3n) is 5.80. The Morgan fingerprint density at radius 1 is 1.03 bits per heavy atom. The second-order valence-corrected chi connectivity index (χ2v) is 9.00. The first kappa shape index (κ1) is 21.4. The van der Waals surface area contributed by atoms with Crippen LogP contribution in [0.1, 0.15) is 37.3 Å². The molecule has 168 valence electrons. The minimum atomic E-state index is -0.0626. The van der Waals surface area contributed by atoms with E-state index in [2.05, 4.69) is 20.8 Å². The zero-order valence-corrected chi connectivity index (χ0v) is 19.0. The van der Waals surface area contributed by atoms with Crippen molar-refractivity contribution in [3.8, 4) is 16.9 Å². The quantitative estimate of drug-likeness (QED) is 0.400. The lowest BCUT2D eigenvalue weighted by Crippen LogP contribution is -2.25. The van der Waals surface area contributed by atoms with Gasteiger partial charge in [0.05, 0.1) is 23.2 Å². The monoisotopic (exact) mass is 459 g/mol. The SMILES string of the molecule is O=C(CSc1nnnn1C1CCCC1)NCc1cn(-c2ccccc2)nc1-c1ccccc1. The van der Waals surface area contributed by atoms with Gasteiger partial charge in [-0.1, -0.05) is 73.1 Å². The molecule has 0 atom stereocenters.